The largest absolute Gasteiger partial charge is 0.0850 e. The van der Waals surface area contributed by atoms with Crippen LogP contribution >= 0.6 is 0 Å². The minimum Gasteiger partial charge on any atom is -0.0850 e. The number of fused-ring (bicyclic) bond motifs is 1. The zero-order valence-electron chi connectivity index (χ0n) is 13.6. The summed E-state index contributed by atoms with van der Waals surface area (Å²) in [6.07, 6.45) is 7.99. The smallest absolute Gasteiger partial charge is 0.00852 e. The van der Waals surface area contributed by atoms with Crippen molar-refractivity contribution in [3.63, 3.8) is 0 Å². The number of hydrogen-bond acceptors (Lipinski definition) is 0. The lowest BCUT2D eigenvalue weighted by Gasteiger charge is -2.62. The van der Waals surface area contributed by atoms with E-state index in [2.05, 4.69) is 54.5 Å². The molecule has 0 unspecified atom stereocenters. The first-order valence-corrected chi connectivity index (χ1v) is 7.81. The van der Waals surface area contributed by atoms with Gasteiger partial charge in [0.2, 0.25) is 0 Å². The molecule has 0 radical (unpaired) electrons. The fraction of sp³-hybridized carbons (Fsp3) is 0.889. The summed E-state index contributed by atoms with van der Waals surface area (Å²) in [5.41, 5.74) is 3.00. The van der Waals surface area contributed by atoms with Crippen LogP contribution in [0.1, 0.15) is 74.1 Å². The second kappa shape index (κ2) is 4.12. The Bertz CT molecular complexity index is 357. The minimum atomic E-state index is 0.399. The predicted molar refractivity (Wildman–Crippen MR) is 80.5 cm³/mol. The Labute approximate surface area is 114 Å². The Morgan fingerprint density at radius 2 is 1.78 bits per heavy atom. The molecule has 104 valence electrons. The maximum absolute atomic E-state index is 2.58. The minimum absolute atomic E-state index is 0.399. The van der Waals surface area contributed by atoms with Crippen LogP contribution in [0, 0.1) is 28.1 Å². The summed E-state index contributed by atoms with van der Waals surface area (Å²) in [5, 5.41) is 0. The maximum Gasteiger partial charge on any atom is -0.00852 e. The highest BCUT2D eigenvalue weighted by Crippen LogP contribution is 2.65. The molecule has 2 aliphatic carbocycles. The molecule has 0 saturated heterocycles. The van der Waals surface area contributed by atoms with Crippen molar-refractivity contribution in [2.75, 3.05) is 0 Å². The highest BCUT2D eigenvalue weighted by molar-refractivity contribution is 5.21. The van der Waals surface area contributed by atoms with E-state index in [-0.39, 0.29) is 0 Å². The van der Waals surface area contributed by atoms with Gasteiger partial charge in [0, 0.05) is 0 Å². The van der Waals surface area contributed by atoms with Crippen molar-refractivity contribution < 1.29 is 0 Å². The molecule has 18 heavy (non-hydrogen) atoms. The van der Waals surface area contributed by atoms with E-state index >= 15 is 0 Å². The van der Waals surface area contributed by atoms with Gasteiger partial charge in [0.15, 0.2) is 0 Å². The summed E-state index contributed by atoms with van der Waals surface area (Å²) in [7, 11) is 0. The van der Waals surface area contributed by atoms with Gasteiger partial charge in [-0.25, -0.2) is 0 Å². The molecule has 2 aliphatic rings. The van der Waals surface area contributed by atoms with Crippen LogP contribution in [0.5, 0.6) is 0 Å². The van der Waals surface area contributed by atoms with Crippen LogP contribution in [0.15, 0.2) is 11.6 Å². The first kappa shape index (κ1) is 14.2. The Morgan fingerprint density at radius 3 is 2.33 bits per heavy atom. The summed E-state index contributed by atoms with van der Waals surface area (Å²) in [5.74, 6) is 1.71. The van der Waals surface area contributed by atoms with Gasteiger partial charge >= 0.3 is 0 Å². The van der Waals surface area contributed by atoms with Crippen LogP contribution in [-0.4, -0.2) is 0 Å². The van der Waals surface area contributed by atoms with Crippen LogP contribution in [-0.2, 0) is 0 Å². The number of rotatable bonds is 0. The Hall–Kier alpha value is -0.260. The van der Waals surface area contributed by atoms with Crippen molar-refractivity contribution >= 4 is 0 Å². The molecular weight excluding hydrogens is 216 g/mol. The molecular formula is C18H32. The highest BCUT2D eigenvalue weighted by Gasteiger charge is 2.57. The quantitative estimate of drug-likeness (QED) is 0.473. The van der Waals surface area contributed by atoms with Crippen LogP contribution in [0.25, 0.3) is 0 Å². The molecule has 0 heteroatoms. The van der Waals surface area contributed by atoms with E-state index < -0.39 is 0 Å². The van der Waals surface area contributed by atoms with Gasteiger partial charge in [-0.05, 0) is 60.7 Å². The van der Waals surface area contributed by atoms with Crippen molar-refractivity contribution in [3.8, 4) is 0 Å². The molecule has 1 saturated carbocycles. The average molecular weight is 248 g/mol. The molecule has 0 aromatic rings. The van der Waals surface area contributed by atoms with Crippen LogP contribution in [0.2, 0.25) is 0 Å². The first-order chi connectivity index (χ1) is 8.14. The third kappa shape index (κ3) is 1.71. The summed E-state index contributed by atoms with van der Waals surface area (Å²) >= 11 is 0. The van der Waals surface area contributed by atoms with Crippen LogP contribution in [0.4, 0.5) is 0 Å². The molecule has 2 rings (SSSR count). The standard InChI is InChI=1S/C18H32/c1-13-9-8-10-15-17(13,6)12-11-14(2)18(15,7)16(3,4)5/h9,14-15H,8,10-12H2,1-7H3/t14-,15-,17+,18+/m1/s1. The van der Waals surface area contributed by atoms with E-state index in [4.69, 9.17) is 0 Å². The SMILES string of the molecule is CC1=CCC[C@H]2[C@@](C)(C(C)(C)C)[C@H](C)CC[C@@]12C. The van der Waals surface area contributed by atoms with Crippen LogP contribution < -0.4 is 0 Å². The molecule has 0 heterocycles. The molecule has 0 aromatic heterocycles. The van der Waals surface area contributed by atoms with Crippen molar-refractivity contribution in [2.24, 2.45) is 28.1 Å². The molecule has 0 aliphatic heterocycles. The highest BCUT2D eigenvalue weighted by atomic mass is 14.6. The summed E-state index contributed by atoms with van der Waals surface area (Å²) in [6.45, 7) is 17.4. The van der Waals surface area contributed by atoms with E-state index in [0.29, 0.717) is 16.2 Å². The van der Waals surface area contributed by atoms with Gasteiger partial charge in [-0.1, -0.05) is 53.2 Å². The normalized spacial score (nSPS) is 45.4. The molecule has 0 N–H and O–H groups in total. The van der Waals surface area contributed by atoms with Gasteiger partial charge in [-0.15, -0.1) is 0 Å². The number of hydrogen-bond donors (Lipinski definition) is 0. The second-order valence-corrected chi connectivity index (χ2v) is 8.41. The Morgan fingerprint density at radius 1 is 1.17 bits per heavy atom. The zero-order chi connectivity index (χ0) is 13.8. The fourth-order valence-electron chi connectivity index (χ4n) is 5.05. The van der Waals surface area contributed by atoms with Crippen molar-refractivity contribution in [1.82, 2.24) is 0 Å². The molecule has 0 aromatic carbocycles. The summed E-state index contributed by atoms with van der Waals surface area (Å²) in [6, 6.07) is 0. The first-order valence-electron chi connectivity index (χ1n) is 7.81. The Balaban J connectivity index is 2.50. The fourth-order valence-corrected chi connectivity index (χ4v) is 5.05. The van der Waals surface area contributed by atoms with E-state index in [9.17, 15) is 0 Å². The van der Waals surface area contributed by atoms with E-state index in [1.54, 1.807) is 5.57 Å². The average Bonchev–Trinajstić information content (AvgIpc) is 2.26. The van der Waals surface area contributed by atoms with Crippen molar-refractivity contribution in [3.05, 3.63) is 11.6 Å². The third-order valence-corrected chi connectivity index (χ3v) is 7.04. The van der Waals surface area contributed by atoms with E-state index in [0.717, 1.165) is 11.8 Å². The van der Waals surface area contributed by atoms with Crippen LogP contribution in [0.3, 0.4) is 0 Å². The third-order valence-electron chi connectivity index (χ3n) is 7.04. The molecule has 0 bridgehead atoms. The van der Waals surface area contributed by atoms with Gasteiger partial charge in [-0.2, -0.15) is 0 Å². The molecule has 0 nitrogen and oxygen atoms in total. The monoisotopic (exact) mass is 248 g/mol. The lowest BCUT2D eigenvalue weighted by Crippen LogP contribution is -2.55. The number of allylic oxidation sites excluding steroid dienone is 2. The lowest BCUT2D eigenvalue weighted by molar-refractivity contribution is -0.111. The molecule has 4 atom stereocenters. The lowest BCUT2D eigenvalue weighted by atomic mass is 9.42. The van der Waals surface area contributed by atoms with Crippen molar-refractivity contribution in [2.45, 2.75) is 74.1 Å². The van der Waals surface area contributed by atoms with E-state index in [1.807, 2.05) is 0 Å². The summed E-state index contributed by atoms with van der Waals surface area (Å²) < 4.78 is 0. The van der Waals surface area contributed by atoms with Gasteiger partial charge in [-0.3, -0.25) is 0 Å². The molecule has 0 spiro atoms. The molecule has 1 fully saturated rings. The predicted octanol–water partition coefficient (Wildman–Crippen LogP) is 5.83. The molecule has 0 amide bonds. The van der Waals surface area contributed by atoms with Gasteiger partial charge in [0.1, 0.15) is 0 Å². The second-order valence-electron chi connectivity index (χ2n) is 8.41. The zero-order valence-corrected chi connectivity index (χ0v) is 13.6. The van der Waals surface area contributed by atoms with E-state index in [1.165, 1.54) is 25.7 Å². The summed E-state index contributed by atoms with van der Waals surface area (Å²) in [4.78, 5) is 0. The Kier molecular flexibility index (Phi) is 3.24. The topological polar surface area (TPSA) is 0 Å². The van der Waals surface area contributed by atoms with Gasteiger partial charge < -0.3 is 0 Å². The maximum atomic E-state index is 2.58. The van der Waals surface area contributed by atoms with Gasteiger partial charge in [0.05, 0.1) is 0 Å². The van der Waals surface area contributed by atoms with Crippen molar-refractivity contribution in [1.29, 1.82) is 0 Å². The van der Waals surface area contributed by atoms with Gasteiger partial charge in [0.25, 0.3) is 0 Å².